The van der Waals surface area contributed by atoms with Gasteiger partial charge in [0.25, 0.3) is 0 Å². The summed E-state index contributed by atoms with van der Waals surface area (Å²) in [6, 6.07) is 10.4. The van der Waals surface area contributed by atoms with Crippen molar-refractivity contribution in [3.05, 3.63) is 47.2 Å². The molecule has 1 N–H and O–H groups in total. The number of ether oxygens (including phenoxy) is 1. The fourth-order valence-corrected chi connectivity index (χ4v) is 2.68. The molecule has 1 aromatic carbocycles. The molecule has 0 radical (unpaired) electrons. The second-order valence-corrected chi connectivity index (χ2v) is 7.00. The topological polar surface area (TPSA) is 92.3 Å². The molecule has 3 rings (SSSR count). The molecule has 8 heteroatoms. The fourth-order valence-electron chi connectivity index (χ4n) is 2.40. The minimum absolute atomic E-state index is 0.398. The Kier molecular flexibility index (Phi) is 4.53. The van der Waals surface area contributed by atoms with Crippen molar-refractivity contribution in [1.82, 2.24) is 14.6 Å². The van der Waals surface area contributed by atoms with E-state index in [9.17, 15) is 4.79 Å². The number of nitrogens with zero attached hydrogens (tertiary/aromatic N) is 4. The summed E-state index contributed by atoms with van der Waals surface area (Å²) >= 11 is 6.33. The van der Waals surface area contributed by atoms with Gasteiger partial charge in [-0.3, -0.25) is 5.32 Å². The zero-order valence-corrected chi connectivity index (χ0v) is 15.2. The third kappa shape index (κ3) is 3.76. The van der Waals surface area contributed by atoms with Crippen molar-refractivity contribution in [1.29, 1.82) is 5.26 Å². The Bertz CT molecular complexity index is 1030. The number of carbonyl (C=O) groups is 1. The molecule has 0 fully saturated rings. The van der Waals surface area contributed by atoms with E-state index in [1.165, 1.54) is 6.33 Å². The number of fused-ring (bicyclic) bond motifs is 1. The molecule has 3 aromatic rings. The van der Waals surface area contributed by atoms with Gasteiger partial charge in [-0.2, -0.15) is 10.4 Å². The number of carbonyl (C=O) groups excluding carboxylic acids is 1. The number of aromatic nitrogens is 3. The molecule has 2 heterocycles. The summed E-state index contributed by atoms with van der Waals surface area (Å²) in [5.41, 5.74) is 2.16. The first-order valence-electron chi connectivity index (χ1n) is 7.80. The summed E-state index contributed by atoms with van der Waals surface area (Å²) in [5.74, 6) is 0. The first kappa shape index (κ1) is 17.7. The Balaban J connectivity index is 2.04. The van der Waals surface area contributed by atoms with Crippen LogP contribution < -0.4 is 5.32 Å². The monoisotopic (exact) mass is 369 g/mol. The molecule has 0 aliphatic carbocycles. The predicted octanol–water partition coefficient (Wildman–Crippen LogP) is 4.27. The maximum Gasteiger partial charge on any atom is 0.412 e. The minimum atomic E-state index is -0.609. The van der Waals surface area contributed by atoms with Crippen molar-refractivity contribution in [3.63, 3.8) is 0 Å². The molecule has 0 bridgehead atoms. The number of pyridine rings is 1. The Hall–Kier alpha value is -3.11. The van der Waals surface area contributed by atoms with Gasteiger partial charge in [-0.05, 0) is 45.0 Å². The lowest BCUT2D eigenvalue weighted by Gasteiger charge is -2.20. The average Bonchev–Trinajstić information content (AvgIpc) is 3.00. The second-order valence-electron chi connectivity index (χ2n) is 6.59. The average molecular weight is 370 g/mol. The van der Waals surface area contributed by atoms with E-state index in [0.717, 1.165) is 0 Å². The summed E-state index contributed by atoms with van der Waals surface area (Å²) in [7, 11) is 0. The second kappa shape index (κ2) is 6.65. The highest BCUT2D eigenvalue weighted by atomic mass is 35.5. The van der Waals surface area contributed by atoms with E-state index in [1.807, 2.05) is 6.07 Å². The molecule has 2 aromatic heterocycles. The number of nitrogens with one attached hydrogen (secondary N) is 1. The highest BCUT2D eigenvalue weighted by molar-refractivity contribution is 6.33. The number of hydrogen-bond acceptors (Lipinski definition) is 5. The maximum atomic E-state index is 12.1. The van der Waals surface area contributed by atoms with Crippen molar-refractivity contribution in [2.24, 2.45) is 0 Å². The molecule has 0 unspecified atom stereocenters. The van der Waals surface area contributed by atoms with E-state index >= 15 is 0 Å². The zero-order valence-electron chi connectivity index (χ0n) is 14.4. The zero-order chi connectivity index (χ0) is 18.9. The van der Waals surface area contributed by atoms with Crippen LogP contribution in [0.4, 0.5) is 10.5 Å². The molecular formula is C18H16ClN5O2. The van der Waals surface area contributed by atoms with Gasteiger partial charge in [0.1, 0.15) is 11.9 Å². The summed E-state index contributed by atoms with van der Waals surface area (Å²) in [4.78, 5) is 16.2. The van der Waals surface area contributed by atoms with Gasteiger partial charge in [-0.25, -0.2) is 14.3 Å². The van der Waals surface area contributed by atoms with E-state index in [-0.39, 0.29) is 0 Å². The first-order valence-corrected chi connectivity index (χ1v) is 8.18. The number of hydrogen-bond donors (Lipinski definition) is 1. The smallest absolute Gasteiger partial charge is 0.412 e. The Morgan fingerprint density at radius 2 is 2.08 bits per heavy atom. The lowest BCUT2D eigenvalue weighted by Crippen LogP contribution is -2.27. The molecule has 0 spiro atoms. The van der Waals surface area contributed by atoms with Crippen molar-refractivity contribution in [2.45, 2.75) is 26.4 Å². The van der Waals surface area contributed by atoms with Crippen LogP contribution in [0.15, 0.2) is 36.7 Å². The summed E-state index contributed by atoms with van der Waals surface area (Å²) in [6.07, 6.45) is 0.839. The molecule has 0 aliphatic heterocycles. The number of anilines is 1. The number of halogens is 1. The van der Waals surface area contributed by atoms with Crippen molar-refractivity contribution in [2.75, 3.05) is 5.32 Å². The Morgan fingerprint density at radius 3 is 2.73 bits per heavy atom. The predicted molar refractivity (Wildman–Crippen MR) is 98.0 cm³/mol. The largest absolute Gasteiger partial charge is 0.444 e. The Labute approximate surface area is 155 Å². The molecule has 26 heavy (non-hydrogen) atoms. The van der Waals surface area contributed by atoms with Crippen LogP contribution in [-0.4, -0.2) is 26.3 Å². The minimum Gasteiger partial charge on any atom is -0.444 e. The van der Waals surface area contributed by atoms with Gasteiger partial charge in [0, 0.05) is 17.3 Å². The molecule has 1 amide bonds. The quantitative estimate of drug-likeness (QED) is 0.728. The molecule has 0 saturated carbocycles. The molecule has 132 valence electrons. The third-order valence-electron chi connectivity index (χ3n) is 3.40. The van der Waals surface area contributed by atoms with Crippen LogP contribution in [-0.2, 0) is 4.74 Å². The summed E-state index contributed by atoms with van der Waals surface area (Å²) in [5, 5.41) is 16.3. The molecule has 7 nitrogen and oxygen atoms in total. The molecular weight excluding hydrogens is 354 g/mol. The van der Waals surface area contributed by atoms with Crippen LogP contribution in [0.5, 0.6) is 0 Å². The molecule has 0 atom stereocenters. The van der Waals surface area contributed by atoms with Gasteiger partial charge in [-0.15, -0.1) is 0 Å². The van der Waals surface area contributed by atoms with Crippen LogP contribution in [0.25, 0.3) is 16.9 Å². The molecule has 0 aliphatic rings. The van der Waals surface area contributed by atoms with Crippen LogP contribution in [0, 0.1) is 11.3 Å². The Morgan fingerprint density at radius 1 is 1.31 bits per heavy atom. The highest BCUT2D eigenvalue weighted by Crippen LogP contribution is 2.31. The van der Waals surface area contributed by atoms with Gasteiger partial charge in [0.15, 0.2) is 5.65 Å². The van der Waals surface area contributed by atoms with Crippen LogP contribution in [0.3, 0.4) is 0 Å². The van der Waals surface area contributed by atoms with Crippen molar-refractivity contribution >= 4 is 29.0 Å². The number of benzene rings is 1. The standard InChI is InChI=1S/C18H16ClN5O2/c1-18(2,3)26-17(25)23-12-7-15(24-16(8-12)21-10-22-24)13-5-4-11(9-20)6-14(13)19/h4-8,10H,1-3H3,(H,23,25). The van der Waals surface area contributed by atoms with Crippen LogP contribution in [0.2, 0.25) is 5.02 Å². The van der Waals surface area contributed by atoms with Crippen molar-refractivity contribution in [3.8, 4) is 17.3 Å². The fraction of sp³-hybridized carbons (Fsp3) is 0.222. The van der Waals surface area contributed by atoms with Gasteiger partial charge < -0.3 is 4.74 Å². The SMILES string of the molecule is CC(C)(C)OC(=O)Nc1cc(-c2ccc(C#N)cc2Cl)n2ncnc2c1. The van der Waals surface area contributed by atoms with Gasteiger partial charge in [-0.1, -0.05) is 11.6 Å². The molecule has 0 saturated heterocycles. The lowest BCUT2D eigenvalue weighted by molar-refractivity contribution is 0.0636. The van der Waals surface area contributed by atoms with Crippen LogP contribution in [0.1, 0.15) is 26.3 Å². The van der Waals surface area contributed by atoms with Crippen molar-refractivity contribution < 1.29 is 9.53 Å². The van der Waals surface area contributed by atoms with E-state index < -0.39 is 11.7 Å². The highest BCUT2D eigenvalue weighted by Gasteiger charge is 2.18. The number of rotatable bonds is 2. The van der Waals surface area contributed by atoms with E-state index in [4.69, 9.17) is 21.6 Å². The van der Waals surface area contributed by atoms with E-state index in [2.05, 4.69) is 15.4 Å². The maximum absolute atomic E-state index is 12.1. The van der Waals surface area contributed by atoms with Gasteiger partial charge in [0.05, 0.1) is 22.3 Å². The van der Waals surface area contributed by atoms with Crippen LogP contribution >= 0.6 is 11.6 Å². The number of nitriles is 1. The van der Waals surface area contributed by atoms with E-state index in [1.54, 1.807) is 55.6 Å². The normalized spacial score (nSPS) is 11.2. The van der Waals surface area contributed by atoms with E-state index in [0.29, 0.717) is 33.2 Å². The lowest BCUT2D eigenvalue weighted by atomic mass is 10.1. The van der Waals surface area contributed by atoms with Gasteiger partial charge in [0.2, 0.25) is 0 Å². The van der Waals surface area contributed by atoms with Gasteiger partial charge >= 0.3 is 6.09 Å². The third-order valence-corrected chi connectivity index (χ3v) is 3.71. The number of amides is 1. The summed E-state index contributed by atoms with van der Waals surface area (Å²) < 4.78 is 6.88. The summed E-state index contributed by atoms with van der Waals surface area (Å²) in [6.45, 7) is 5.36. The first-order chi connectivity index (χ1) is 12.3.